The zero-order valence-corrected chi connectivity index (χ0v) is 4.26. The van der Waals surface area contributed by atoms with Gasteiger partial charge in [-0.1, -0.05) is 0 Å². The van der Waals surface area contributed by atoms with Crippen LogP contribution in [0.1, 0.15) is 0 Å². The molecule has 7 heavy (non-hydrogen) atoms. The lowest BCUT2D eigenvalue weighted by atomic mass is 10.5. The van der Waals surface area contributed by atoms with Crippen LogP contribution in [0.4, 0.5) is 0 Å². The van der Waals surface area contributed by atoms with E-state index in [9.17, 15) is 4.79 Å². The topological polar surface area (TPSA) is 49.8 Å². The van der Waals surface area contributed by atoms with Crippen LogP contribution in [0.5, 0.6) is 0 Å². The largest absolute Gasteiger partial charge is 0.479 e. The molecule has 0 radical (unpaired) electrons. The molecule has 2 unspecified atom stereocenters. The zero-order chi connectivity index (χ0) is 5.44. The zero-order valence-electron chi connectivity index (χ0n) is 3.37. The number of hydrogen-bond donors (Lipinski definition) is 2. The Morgan fingerprint density at radius 3 is 2.29 bits per heavy atom. The van der Waals surface area contributed by atoms with Crippen LogP contribution in [0.15, 0.2) is 0 Å². The van der Waals surface area contributed by atoms with Crippen LogP contribution >= 0.6 is 12.6 Å². The number of aliphatic carboxylic acids is 1. The van der Waals surface area contributed by atoms with Gasteiger partial charge in [-0.3, -0.25) is 0 Å². The van der Waals surface area contributed by atoms with E-state index in [1.54, 1.807) is 0 Å². The van der Waals surface area contributed by atoms with E-state index in [4.69, 9.17) is 5.11 Å². The first kappa shape index (κ1) is 4.93. The van der Waals surface area contributed by atoms with Gasteiger partial charge in [0.2, 0.25) is 0 Å². The summed E-state index contributed by atoms with van der Waals surface area (Å²) in [5.74, 6) is -0.931. The fourth-order valence-electron chi connectivity index (χ4n) is 0.285. The molecule has 0 aromatic rings. The van der Waals surface area contributed by atoms with Crippen LogP contribution < -0.4 is 0 Å². The number of carbonyl (C=O) groups is 1. The fourth-order valence-corrected chi connectivity index (χ4v) is 0.544. The number of epoxide rings is 1. The monoisotopic (exact) mass is 120 g/mol. The molecule has 4 heteroatoms. The summed E-state index contributed by atoms with van der Waals surface area (Å²) < 4.78 is 4.44. The first-order valence-electron chi connectivity index (χ1n) is 1.78. The van der Waals surface area contributed by atoms with Gasteiger partial charge in [-0.15, -0.1) is 12.6 Å². The summed E-state index contributed by atoms with van der Waals surface area (Å²) in [5, 5.41) is 8.05. The first-order valence-corrected chi connectivity index (χ1v) is 2.30. The highest BCUT2D eigenvalue weighted by molar-refractivity contribution is 7.81. The maximum atomic E-state index is 9.80. The van der Waals surface area contributed by atoms with E-state index in [2.05, 4.69) is 17.4 Å². The Morgan fingerprint density at radius 1 is 1.86 bits per heavy atom. The van der Waals surface area contributed by atoms with Gasteiger partial charge in [0.05, 0.1) is 0 Å². The van der Waals surface area contributed by atoms with Crippen molar-refractivity contribution < 1.29 is 14.6 Å². The summed E-state index contributed by atoms with van der Waals surface area (Å²) in [6.45, 7) is 0. The SMILES string of the molecule is O=C(O)C1OC1S. The fraction of sp³-hybridized carbons (Fsp3) is 0.667. The number of thiol groups is 1. The van der Waals surface area contributed by atoms with Gasteiger partial charge in [-0.05, 0) is 0 Å². The van der Waals surface area contributed by atoms with Crippen molar-refractivity contribution in [3.8, 4) is 0 Å². The summed E-state index contributed by atoms with van der Waals surface area (Å²) in [5.41, 5.74) is -0.363. The lowest BCUT2D eigenvalue weighted by Gasteiger charge is -1.74. The van der Waals surface area contributed by atoms with Crippen LogP contribution in [0.25, 0.3) is 0 Å². The minimum Gasteiger partial charge on any atom is -0.479 e. The summed E-state index contributed by atoms with van der Waals surface area (Å²) in [6, 6.07) is 0. The summed E-state index contributed by atoms with van der Waals surface area (Å²) in [7, 11) is 0. The van der Waals surface area contributed by atoms with Crippen molar-refractivity contribution in [2.45, 2.75) is 11.5 Å². The first-order chi connectivity index (χ1) is 3.22. The van der Waals surface area contributed by atoms with Gasteiger partial charge in [-0.25, -0.2) is 4.79 Å². The van der Waals surface area contributed by atoms with Crippen LogP contribution in [-0.2, 0) is 9.53 Å². The molecular formula is C3H4O3S. The minimum absolute atomic E-state index is 0.363. The molecule has 0 aromatic heterocycles. The average molecular weight is 120 g/mol. The smallest absolute Gasteiger partial charge is 0.336 e. The number of carboxylic acids is 1. The van der Waals surface area contributed by atoms with Crippen LogP contribution in [0.2, 0.25) is 0 Å². The highest BCUT2D eigenvalue weighted by atomic mass is 32.1. The van der Waals surface area contributed by atoms with Gasteiger partial charge in [0.1, 0.15) is 5.44 Å². The highest BCUT2D eigenvalue weighted by Gasteiger charge is 2.42. The third-order valence-electron chi connectivity index (χ3n) is 0.712. The molecule has 1 aliphatic rings. The van der Waals surface area contributed by atoms with E-state index in [1.165, 1.54) is 0 Å². The summed E-state index contributed by atoms with van der Waals surface area (Å²) >= 11 is 3.71. The van der Waals surface area contributed by atoms with Crippen LogP contribution in [0.3, 0.4) is 0 Å². The van der Waals surface area contributed by atoms with Crippen molar-refractivity contribution in [2.75, 3.05) is 0 Å². The predicted molar refractivity (Wildman–Crippen MR) is 25.3 cm³/mol. The molecule has 40 valence electrons. The standard InChI is InChI=1S/C3H4O3S/c4-2(5)1-3(7)6-1/h1,3,7H,(H,4,5). The van der Waals surface area contributed by atoms with Crippen molar-refractivity contribution in [2.24, 2.45) is 0 Å². The van der Waals surface area contributed by atoms with Crippen LogP contribution in [0, 0.1) is 0 Å². The highest BCUT2D eigenvalue weighted by Crippen LogP contribution is 2.24. The van der Waals surface area contributed by atoms with Gasteiger partial charge in [0.15, 0.2) is 6.10 Å². The molecule has 0 aromatic carbocycles. The number of ether oxygens (including phenoxy) is 1. The quantitative estimate of drug-likeness (QED) is 0.370. The molecule has 0 aliphatic carbocycles. The van der Waals surface area contributed by atoms with E-state index < -0.39 is 12.1 Å². The van der Waals surface area contributed by atoms with Crippen molar-refractivity contribution in [1.29, 1.82) is 0 Å². The molecule has 0 spiro atoms. The van der Waals surface area contributed by atoms with Gasteiger partial charge in [0.25, 0.3) is 0 Å². The van der Waals surface area contributed by atoms with Crippen molar-refractivity contribution in [3.63, 3.8) is 0 Å². The van der Waals surface area contributed by atoms with Crippen molar-refractivity contribution >= 4 is 18.6 Å². The molecule has 0 bridgehead atoms. The molecule has 3 nitrogen and oxygen atoms in total. The predicted octanol–water partition coefficient (Wildman–Crippen LogP) is -0.274. The second-order valence-electron chi connectivity index (χ2n) is 1.29. The van der Waals surface area contributed by atoms with E-state index in [1.807, 2.05) is 0 Å². The third-order valence-corrected chi connectivity index (χ3v) is 1.10. The van der Waals surface area contributed by atoms with Gasteiger partial charge in [0, 0.05) is 0 Å². The maximum absolute atomic E-state index is 9.80. The molecule has 1 rings (SSSR count). The van der Waals surface area contributed by atoms with Crippen molar-refractivity contribution in [3.05, 3.63) is 0 Å². The summed E-state index contributed by atoms with van der Waals surface area (Å²) in [6.07, 6.45) is -0.650. The van der Waals surface area contributed by atoms with Crippen molar-refractivity contribution in [1.82, 2.24) is 0 Å². The third kappa shape index (κ3) is 0.863. The molecule has 1 saturated heterocycles. The van der Waals surface area contributed by atoms with Gasteiger partial charge in [-0.2, -0.15) is 0 Å². The van der Waals surface area contributed by atoms with Gasteiger partial charge >= 0.3 is 5.97 Å². The number of rotatable bonds is 1. The lowest BCUT2D eigenvalue weighted by molar-refractivity contribution is -0.138. The molecule has 0 saturated carbocycles. The Hall–Kier alpha value is -0.220. The van der Waals surface area contributed by atoms with Crippen LogP contribution in [-0.4, -0.2) is 22.6 Å². The maximum Gasteiger partial charge on any atom is 0.336 e. The Bertz CT molecular complexity index is 102. The molecular weight excluding hydrogens is 116 g/mol. The number of carboxylic acid groups (broad SMARTS) is 1. The Labute approximate surface area is 45.7 Å². The molecule has 0 amide bonds. The van der Waals surface area contributed by atoms with E-state index in [0.717, 1.165) is 0 Å². The Kier molecular flexibility index (Phi) is 0.972. The number of hydrogen-bond acceptors (Lipinski definition) is 3. The summed E-state index contributed by atoms with van der Waals surface area (Å²) in [4.78, 5) is 9.80. The average Bonchev–Trinajstić information content (AvgIpc) is 2.17. The Morgan fingerprint density at radius 2 is 2.29 bits per heavy atom. The second-order valence-corrected chi connectivity index (χ2v) is 1.79. The molecule has 1 heterocycles. The van der Waals surface area contributed by atoms with E-state index >= 15 is 0 Å². The second kappa shape index (κ2) is 1.38. The molecule has 1 aliphatic heterocycles. The Balaban J connectivity index is 2.33. The van der Waals surface area contributed by atoms with Gasteiger partial charge < -0.3 is 9.84 Å². The normalized spacial score (nSPS) is 37.9. The van der Waals surface area contributed by atoms with E-state index in [0.29, 0.717) is 0 Å². The lowest BCUT2D eigenvalue weighted by Crippen LogP contribution is -2.04. The molecule has 1 N–H and O–H groups in total. The van der Waals surface area contributed by atoms with E-state index in [-0.39, 0.29) is 5.44 Å². The molecule has 1 fully saturated rings. The minimum atomic E-state index is -0.931. The molecule has 2 atom stereocenters.